The predicted octanol–water partition coefficient (Wildman–Crippen LogP) is 2.12. The van der Waals surface area contributed by atoms with E-state index >= 15 is 0 Å². The minimum atomic E-state index is -0.848. The van der Waals surface area contributed by atoms with Crippen LogP contribution in [0.1, 0.15) is 17.9 Å². The Morgan fingerprint density at radius 3 is 2.23 bits per heavy atom. The molecule has 1 rings (SSSR count). The van der Waals surface area contributed by atoms with Crippen LogP contribution < -0.4 is 0 Å². The molecule has 0 spiro atoms. The molecule has 3 heteroatoms. The summed E-state index contributed by atoms with van der Waals surface area (Å²) in [5.74, 6) is -1.07. The Labute approximate surface area is 81.5 Å². The van der Waals surface area contributed by atoms with E-state index in [1.165, 1.54) is 6.92 Å². The lowest BCUT2D eigenvalue weighted by molar-refractivity contribution is -0.135. The number of benzene rings is 1. The molecule has 1 unspecified atom stereocenters. The van der Waals surface area contributed by atoms with Crippen LogP contribution in [0, 0.1) is 0 Å². The van der Waals surface area contributed by atoms with Crippen molar-refractivity contribution < 1.29 is 9.59 Å². The van der Waals surface area contributed by atoms with Gasteiger partial charge in [-0.2, -0.15) is 0 Å². The van der Waals surface area contributed by atoms with Crippen LogP contribution in [0.4, 0.5) is 0 Å². The van der Waals surface area contributed by atoms with E-state index < -0.39 is 16.9 Å². The Kier molecular flexibility index (Phi) is 3.20. The zero-order chi connectivity index (χ0) is 9.84. The van der Waals surface area contributed by atoms with Crippen molar-refractivity contribution in [3.8, 4) is 0 Å². The van der Waals surface area contributed by atoms with Crippen LogP contribution in [-0.2, 0) is 9.59 Å². The first-order valence-corrected chi connectivity index (χ1v) is 4.30. The lowest BCUT2D eigenvalue weighted by atomic mass is 10.1. The van der Waals surface area contributed by atoms with Crippen LogP contribution in [0.25, 0.3) is 0 Å². The van der Waals surface area contributed by atoms with Gasteiger partial charge in [-0.1, -0.05) is 30.3 Å². The SMILES string of the molecule is CC(=O)C(=O)C(Cl)c1ccccc1. The summed E-state index contributed by atoms with van der Waals surface area (Å²) in [4.78, 5) is 21.9. The molecule has 0 fully saturated rings. The second-order valence-electron chi connectivity index (χ2n) is 2.69. The van der Waals surface area contributed by atoms with Crippen LogP contribution in [-0.4, -0.2) is 11.6 Å². The summed E-state index contributed by atoms with van der Waals surface area (Å²) in [7, 11) is 0. The van der Waals surface area contributed by atoms with Crippen molar-refractivity contribution in [3.63, 3.8) is 0 Å². The lowest BCUT2D eigenvalue weighted by Crippen LogP contribution is -2.15. The number of alkyl halides is 1. The van der Waals surface area contributed by atoms with E-state index in [0.29, 0.717) is 5.56 Å². The molecule has 0 heterocycles. The number of rotatable bonds is 3. The molecule has 0 bridgehead atoms. The molecule has 0 N–H and O–H groups in total. The highest BCUT2D eigenvalue weighted by molar-refractivity contribution is 6.48. The Balaban J connectivity index is 2.86. The second-order valence-corrected chi connectivity index (χ2v) is 3.13. The van der Waals surface area contributed by atoms with Gasteiger partial charge in [0.05, 0.1) is 0 Å². The maximum atomic E-state index is 11.2. The van der Waals surface area contributed by atoms with Crippen molar-refractivity contribution >= 4 is 23.2 Å². The number of Topliss-reactive ketones (excluding diaryl/α,β-unsaturated/α-hetero) is 2. The van der Waals surface area contributed by atoms with E-state index in [1.807, 2.05) is 6.07 Å². The van der Waals surface area contributed by atoms with E-state index in [4.69, 9.17) is 11.6 Å². The summed E-state index contributed by atoms with van der Waals surface area (Å²) in [6.45, 7) is 1.22. The Bertz CT molecular complexity index is 319. The number of carbonyl (C=O) groups excluding carboxylic acids is 2. The fourth-order valence-corrected chi connectivity index (χ4v) is 1.25. The fraction of sp³-hybridized carbons (Fsp3) is 0.200. The van der Waals surface area contributed by atoms with Crippen LogP contribution in [0.5, 0.6) is 0 Å². The summed E-state index contributed by atoms with van der Waals surface area (Å²) < 4.78 is 0. The predicted molar refractivity (Wildman–Crippen MR) is 50.7 cm³/mol. The van der Waals surface area contributed by atoms with Gasteiger partial charge in [-0.05, 0) is 5.56 Å². The molecule has 0 aliphatic rings. The van der Waals surface area contributed by atoms with Crippen molar-refractivity contribution in [2.24, 2.45) is 0 Å². The first kappa shape index (κ1) is 9.93. The van der Waals surface area contributed by atoms with E-state index in [2.05, 4.69) is 0 Å². The maximum Gasteiger partial charge on any atom is 0.220 e. The number of hydrogen-bond acceptors (Lipinski definition) is 2. The van der Waals surface area contributed by atoms with E-state index in [9.17, 15) is 9.59 Å². The Morgan fingerprint density at radius 2 is 1.77 bits per heavy atom. The largest absolute Gasteiger partial charge is 0.291 e. The summed E-state index contributed by atoms with van der Waals surface area (Å²) in [5, 5.41) is -0.848. The number of hydrogen-bond donors (Lipinski definition) is 0. The Morgan fingerprint density at radius 1 is 1.23 bits per heavy atom. The summed E-state index contributed by atoms with van der Waals surface area (Å²) in [6, 6.07) is 8.82. The van der Waals surface area contributed by atoms with Gasteiger partial charge in [0.1, 0.15) is 5.38 Å². The molecule has 13 heavy (non-hydrogen) atoms. The standard InChI is InChI=1S/C10H9ClO2/c1-7(12)10(13)9(11)8-5-3-2-4-6-8/h2-6,9H,1H3. The molecule has 0 aromatic heterocycles. The van der Waals surface area contributed by atoms with E-state index in [-0.39, 0.29) is 0 Å². The molecule has 0 saturated heterocycles. The summed E-state index contributed by atoms with van der Waals surface area (Å²) >= 11 is 5.78. The summed E-state index contributed by atoms with van der Waals surface area (Å²) in [6.07, 6.45) is 0. The van der Waals surface area contributed by atoms with Crippen molar-refractivity contribution in [2.75, 3.05) is 0 Å². The highest BCUT2D eigenvalue weighted by Gasteiger charge is 2.20. The molecule has 68 valence electrons. The first-order valence-electron chi connectivity index (χ1n) is 3.86. The number of carbonyl (C=O) groups is 2. The van der Waals surface area contributed by atoms with Crippen molar-refractivity contribution in [1.82, 2.24) is 0 Å². The molecule has 1 aromatic rings. The molecule has 1 atom stereocenters. The third-order valence-electron chi connectivity index (χ3n) is 1.67. The normalized spacial score (nSPS) is 12.2. The highest BCUT2D eigenvalue weighted by atomic mass is 35.5. The first-order chi connectivity index (χ1) is 6.13. The molecular formula is C10H9ClO2. The summed E-state index contributed by atoms with van der Waals surface area (Å²) in [5.41, 5.74) is 0.657. The third-order valence-corrected chi connectivity index (χ3v) is 2.12. The topological polar surface area (TPSA) is 34.1 Å². The third kappa shape index (κ3) is 2.39. The average molecular weight is 197 g/mol. The molecular weight excluding hydrogens is 188 g/mol. The van der Waals surface area contributed by atoms with Crippen molar-refractivity contribution in [1.29, 1.82) is 0 Å². The van der Waals surface area contributed by atoms with Gasteiger partial charge < -0.3 is 0 Å². The Hall–Kier alpha value is -1.15. The molecule has 0 amide bonds. The van der Waals surface area contributed by atoms with Gasteiger partial charge in [0.25, 0.3) is 0 Å². The maximum absolute atomic E-state index is 11.2. The van der Waals surface area contributed by atoms with Crippen LogP contribution >= 0.6 is 11.6 Å². The fourth-order valence-electron chi connectivity index (χ4n) is 0.952. The minimum Gasteiger partial charge on any atom is -0.291 e. The molecule has 0 aliphatic carbocycles. The van der Waals surface area contributed by atoms with E-state index in [1.54, 1.807) is 24.3 Å². The van der Waals surface area contributed by atoms with Gasteiger partial charge in [-0.25, -0.2) is 0 Å². The number of ketones is 2. The van der Waals surface area contributed by atoms with Crippen molar-refractivity contribution in [2.45, 2.75) is 12.3 Å². The zero-order valence-corrected chi connectivity index (χ0v) is 7.91. The molecule has 2 nitrogen and oxygen atoms in total. The van der Waals surface area contributed by atoms with Crippen LogP contribution in [0.15, 0.2) is 30.3 Å². The van der Waals surface area contributed by atoms with Gasteiger partial charge >= 0.3 is 0 Å². The van der Waals surface area contributed by atoms with Gasteiger partial charge in [0.2, 0.25) is 5.78 Å². The molecule has 0 aliphatic heterocycles. The molecule has 1 aromatic carbocycles. The van der Waals surface area contributed by atoms with Gasteiger partial charge in [-0.3, -0.25) is 9.59 Å². The average Bonchev–Trinajstić information content (AvgIpc) is 2.17. The minimum absolute atomic E-state index is 0.510. The van der Waals surface area contributed by atoms with Crippen LogP contribution in [0.2, 0.25) is 0 Å². The van der Waals surface area contributed by atoms with Crippen LogP contribution in [0.3, 0.4) is 0 Å². The van der Waals surface area contributed by atoms with Gasteiger partial charge in [-0.15, -0.1) is 11.6 Å². The number of halogens is 1. The lowest BCUT2D eigenvalue weighted by Gasteiger charge is -2.05. The monoisotopic (exact) mass is 196 g/mol. The van der Waals surface area contributed by atoms with Gasteiger partial charge in [0.15, 0.2) is 5.78 Å². The molecule has 0 saturated carbocycles. The quantitative estimate of drug-likeness (QED) is 0.548. The second kappa shape index (κ2) is 4.19. The zero-order valence-electron chi connectivity index (χ0n) is 7.16. The van der Waals surface area contributed by atoms with E-state index in [0.717, 1.165) is 0 Å². The van der Waals surface area contributed by atoms with Crippen molar-refractivity contribution in [3.05, 3.63) is 35.9 Å². The smallest absolute Gasteiger partial charge is 0.220 e. The van der Waals surface area contributed by atoms with Gasteiger partial charge in [0, 0.05) is 6.92 Å². The highest BCUT2D eigenvalue weighted by Crippen LogP contribution is 2.20. The molecule has 0 radical (unpaired) electrons.